The van der Waals surface area contributed by atoms with Crippen molar-refractivity contribution in [3.05, 3.63) is 40.2 Å². The van der Waals surface area contributed by atoms with Crippen LogP contribution in [0.1, 0.15) is 6.42 Å². The minimum Gasteiger partial charge on any atom is -0.497 e. The lowest BCUT2D eigenvalue weighted by atomic mass is 10.3. The minimum absolute atomic E-state index is 0.508. The number of aromatic nitrogens is 4. The molecule has 1 aliphatic heterocycles. The van der Waals surface area contributed by atoms with E-state index in [9.17, 15) is 0 Å². The van der Waals surface area contributed by atoms with E-state index in [4.69, 9.17) is 9.47 Å². The fourth-order valence-electron chi connectivity index (χ4n) is 3.05. The van der Waals surface area contributed by atoms with Crippen molar-refractivity contribution in [1.82, 2.24) is 19.7 Å². The standard InChI is InChI=1S/C18H19IN6O2/c1-26-13-8-12(9-14(10-13)27-2)21-18-20-5-4-16(22-18)24-6-3-7-25-17(24)11-15(19)23-25/h4-5,8-11H,3,6-7H2,1-2H3,(H,20,21,22). The predicted molar refractivity (Wildman–Crippen MR) is 111 cm³/mol. The average Bonchev–Trinajstić information content (AvgIpc) is 3.08. The van der Waals surface area contributed by atoms with E-state index < -0.39 is 0 Å². The molecule has 1 aliphatic rings. The summed E-state index contributed by atoms with van der Waals surface area (Å²) in [6.07, 6.45) is 2.77. The number of fused-ring (bicyclic) bond motifs is 1. The lowest BCUT2D eigenvalue weighted by Gasteiger charge is -2.28. The van der Waals surface area contributed by atoms with Gasteiger partial charge < -0.3 is 19.7 Å². The highest BCUT2D eigenvalue weighted by Crippen LogP contribution is 2.31. The summed E-state index contributed by atoms with van der Waals surface area (Å²) in [7, 11) is 3.24. The molecule has 140 valence electrons. The first kappa shape index (κ1) is 17.8. The van der Waals surface area contributed by atoms with Crippen LogP contribution in [0.15, 0.2) is 36.5 Å². The molecule has 4 rings (SSSR count). The fraction of sp³-hybridized carbons (Fsp3) is 0.278. The molecule has 8 nitrogen and oxygen atoms in total. The molecule has 2 aromatic heterocycles. The van der Waals surface area contributed by atoms with Crippen LogP contribution in [0.3, 0.4) is 0 Å². The average molecular weight is 478 g/mol. The van der Waals surface area contributed by atoms with Crippen molar-refractivity contribution in [3.8, 4) is 11.5 Å². The maximum Gasteiger partial charge on any atom is 0.229 e. The zero-order valence-electron chi connectivity index (χ0n) is 15.0. The number of nitrogens with zero attached hydrogens (tertiary/aromatic N) is 5. The Morgan fingerprint density at radius 1 is 1.07 bits per heavy atom. The first-order valence-corrected chi connectivity index (χ1v) is 9.58. The number of hydrogen-bond donors (Lipinski definition) is 1. The summed E-state index contributed by atoms with van der Waals surface area (Å²) >= 11 is 2.24. The zero-order valence-corrected chi connectivity index (χ0v) is 17.2. The lowest BCUT2D eigenvalue weighted by molar-refractivity contribution is 0.395. The summed E-state index contributed by atoms with van der Waals surface area (Å²) in [6.45, 7) is 1.82. The van der Waals surface area contributed by atoms with Gasteiger partial charge in [0.2, 0.25) is 5.95 Å². The second-order valence-electron chi connectivity index (χ2n) is 6.02. The van der Waals surface area contributed by atoms with Gasteiger partial charge in [-0.1, -0.05) is 0 Å². The largest absolute Gasteiger partial charge is 0.497 e. The molecule has 1 N–H and O–H groups in total. The molecule has 0 radical (unpaired) electrons. The number of methoxy groups -OCH3 is 2. The maximum atomic E-state index is 5.32. The molecule has 0 aliphatic carbocycles. The van der Waals surface area contributed by atoms with Gasteiger partial charge in [0, 0.05) is 49.2 Å². The van der Waals surface area contributed by atoms with Crippen LogP contribution in [0, 0.1) is 3.70 Å². The van der Waals surface area contributed by atoms with Crippen LogP contribution in [0.2, 0.25) is 0 Å². The number of hydrogen-bond acceptors (Lipinski definition) is 7. The van der Waals surface area contributed by atoms with Gasteiger partial charge in [-0.05, 0) is 35.1 Å². The van der Waals surface area contributed by atoms with Gasteiger partial charge in [0.1, 0.15) is 26.8 Å². The minimum atomic E-state index is 0.508. The smallest absolute Gasteiger partial charge is 0.229 e. The predicted octanol–water partition coefficient (Wildman–Crippen LogP) is 3.58. The molecule has 27 heavy (non-hydrogen) atoms. The highest BCUT2D eigenvalue weighted by molar-refractivity contribution is 14.1. The molecule has 0 bridgehead atoms. The Morgan fingerprint density at radius 2 is 1.85 bits per heavy atom. The number of anilines is 4. The third-order valence-corrected chi connectivity index (χ3v) is 4.81. The molecule has 0 atom stereocenters. The second-order valence-corrected chi connectivity index (χ2v) is 7.12. The normalized spacial score (nSPS) is 13.2. The summed E-state index contributed by atoms with van der Waals surface area (Å²) in [4.78, 5) is 11.2. The van der Waals surface area contributed by atoms with Crippen molar-refractivity contribution in [2.75, 3.05) is 31.0 Å². The molecule has 9 heteroatoms. The zero-order chi connectivity index (χ0) is 18.8. The van der Waals surface area contributed by atoms with E-state index in [-0.39, 0.29) is 0 Å². The summed E-state index contributed by atoms with van der Waals surface area (Å²) in [5, 5.41) is 7.76. The van der Waals surface area contributed by atoms with Gasteiger partial charge >= 0.3 is 0 Å². The monoisotopic (exact) mass is 478 g/mol. The molecule has 0 spiro atoms. The Labute approximate surface area is 170 Å². The number of benzene rings is 1. The van der Waals surface area contributed by atoms with Crippen LogP contribution in [0.4, 0.5) is 23.3 Å². The maximum absolute atomic E-state index is 5.32. The molecule has 0 saturated heterocycles. The van der Waals surface area contributed by atoms with Crippen molar-refractivity contribution in [3.63, 3.8) is 0 Å². The number of halogens is 1. The second kappa shape index (κ2) is 7.59. The summed E-state index contributed by atoms with van der Waals surface area (Å²) in [5.41, 5.74) is 0.793. The number of ether oxygens (including phenoxy) is 2. The van der Waals surface area contributed by atoms with Gasteiger partial charge in [-0.25, -0.2) is 9.67 Å². The van der Waals surface area contributed by atoms with Crippen LogP contribution >= 0.6 is 22.6 Å². The molecule has 0 unspecified atom stereocenters. The number of nitrogens with one attached hydrogen (secondary N) is 1. The molecule has 3 heterocycles. The van der Waals surface area contributed by atoms with E-state index >= 15 is 0 Å². The topological polar surface area (TPSA) is 77.3 Å². The van der Waals surface area contributed by atoms with E-state index in [1.165, 1.54) is 0 Å². The van der Waals surface area contributed by atoms with Gasteiger partial charge in [0.05, 0.1) is 14.2 Å². The summed E-state index contributed by atoms with van der Waals surface area (Å²) in [6, 6.07) is 9.54. The number of rotatable bonds is 5. The van der Waals surface area contributed by atoms with Gasteiger partial charge in [-0.15, -0.1) is 0 Å². The van der Waals surface area contributed by atoms with Gasteiger partial charge in [0.25, 0.3) is 0 Å². The Kier molecular flexibility index (Phi) is 5.01. The van der Waals surface area contributed by atoms with Crippen LogP contribution < -0.4 is 19.7 Å². The van der Waals surface area contributed by atoms with Crippen LogP contribution in [-0.4, -0.2) is 40.5 Å². The summed E-state index contributed by atoms with van der Waals surface area (Å²) in [5.74, 6) is 3.79. The quantitative estimate of drug-likeness (QED) is 0.562. The Bertz CT molecular complexity index is 939. The Hall–Kier alpha value is -2.56. The van der Waals surface area contributed by atoms with E-state index in [1.54, 1.807) is 20.4 Å². The fourth-order valence-corrected chi connectivity index (χ4v) is 3.59. The third kappa shape index (κ3) is 3.77. The molecule has 1 aromatic carbocycles. The summed E-state index contributed by atoms with van der Waals surface area (Å²) < 4.78 is 13.6. The Balaban J connectivity index is 1.62. The number of aryl methyl sites for hydroxylation is 1. The molecule has 0 fully saturated rings. The van der Waals surface area contributed by atoms with E-state index in [2.05, 4.69) is 53.9 Å². The SMILES string of the molecule is COc1cc(Nc2nccc(N3CCCn4nc(I)cc43)n2)cc(OC)c1. The highest BCUT2D eigenvalue weighted by atomic mass is 127. The van der Waals surface area contributed by atoms with Gasteiger partial charge in [0.15, 0.2) is 0 Å². The lowest BCUT2D eigenvalue weighted by Crippen LogP contribution is -2.28. The van der Waals surface area contributed by atoms with E-state index in [0.29, 0.717) is 17.4 Å². The molecule has 0 saturated carbocycles. The molecule has 3 aromatic rings. The van der Waals surface area contributed by atoms with Crippen molar-refractivity contribution in [2.45, 2.75) is 13.0 Å². The van der Waals surface area contributed by atoms with Crippen LogP contribution in [0.5, 0.6) is 11.5 Å². The van der Waals surface area contributed by atoms with E-state index in [0.717, 1.165) is 40.5 Å². The molecular formula is C18H19IN6O2. The van der Waals surface area contributed by atoms with Gasteiger partial charge in [-0.2, -0.15) is 10.1 Å². The van der Waals surface area contributed by atoms with E-state index in [1.807, 2.05) is 28.9 Å². The van der Waals surface area contributed by atoms with Gasteiger partial charge in [-0.3, -0.25) is 0 Å². The third-order valence-electron chi connectivity index (χ3n) is 4.28. The van der Waals surface area contributed by atoms with Crippen LogP contribution in [0.25, 0.3) is 0 Å². The van der Waals surface area contributed by atoms with Crippen molar-refractivity contribution < 1.29 is 9.47 Å². The van der Waals surface area contributed by atoms with Crippen LogP contribution in [-0.2, 0) is 6.54 Å². The Morgan fingerprint density at radius 3 is 2.59 bits per heavy atom. The first-order valence-electron chi connectivity index (χ1n) is 8.50. The first-order chi connectivity index (χ1) is 13.2. The molecule has 0 amide bonds. The van der Waals surface area contributed by atoms with Crippen molar-refractivity contribution >= 4 is 45.9 Å². The molecular weight excluding hydrogens is 459 g/mol. The van der Waals surface area contributed by atoms with Crippen molar-refractivity contribution in [1.29, 1.82) is 0 Å². The van der Waals surface area contributed by atoms with Crippen molar-refractivity contribution in [2.24, 2.45) is 0 Å². The highest BCUT2D eigenvalue weighted by Gasteiger charge is 2.21.